The van der Waals surface area contributed by atoms with Crippen molar-refractivity contribution in [3.63, 3.8) is 0 Å². The van der Waals surface area contributed by atoms with Crippen LogP contribution in [0.15, 0.2) is 42.5 Å². The van der Waals surface area contributed by atoms with Gasteiger partial charge in [-0.05, 0) is 42.7 Å². The van der Waals surface area contributed by atoms with Crippen LogP contribution in [0.5, 0.6) is 5.75 Å². The molecular formula is C21H22F2N2O3. The molecule has 0 radical (unpaired) electrons. The molecule has 0 saturated heterocycles. The van der Waals surface area contributed by atoms with Gasteiger partial charge in [-0.25, -0.2) is 8.78 Å². The Kier molecular flexibility index (Phi) is 5.92. The van der Waals surface area contributed by atoms with Gasteiger partial charge in [-0.2, -0.15) is 0 Å². The highest BCUT2D eigenvalue weighted by Crippen LogP contribution is 2.41. The minimum Gasteiger partial charge on any atom is -0.497 e. The number of hydrogen-bond donors (Lipinski definition) is 2. The van der Waals surface area contributed by atoms with E-state index in [4.69, 9.17) is 4.74 Å². The molecule has 0 atom stereocenters. The van der Waals surface area contributed by atoms with Gasteiger partial charge in [-0.15, -0.1) is 0 Å². The predicted octanol–water partition coefficient (Wildman–Crippen LogP) is 3.54. The fourth-order valence-corrected chi connectivity index (χ4v) is 3.67. The summed E-state index contributed by atoms with van der Waals surface area (Å²) < 4.78 is 32.1. The molecule has 2 aromatic rings. The summed E-state index contributed by atoms with van der Waals surface area (Å²) in [6.07, 6.45) is 3.84. The van der Waals surface area contributed by atoms with Crippen LogP contribution < -0.4 is 15.4 Å². The highest BCUT2D eigenvalue weighted by atomic mass is 19.1. The second-order valence-electron chi connectivity index (χ2n) is 6.98. The first-order valence-electron chi connectivity index (χ1n) is 9.12. The standard InChI is InChI=1S/C21H22F2N2O3/c1-28-16-7-4-14(5-8-16)21(10-2-3-11-21)13-24-19(26)20(27)25-18-12-15(22)6-9-17(18)23/h4-9,12H,2-3,10-11,13H2,1H3,(H,24,26)(H,25,27). The first-order valence-corrected chi connectivity index (χ1v) is 9.12. The van der Waals surface area contributed by atoms with Crippen molar-refractivity contribution in [2.45, 2.75) is 31.1 Å². The molecule has 0 aliphatic heterocycles. The molecule has 0 unspecified atom stereocenters. The van der Waals surface area contributed by atoms with E-state index < -0.39 is 23.4 Å². The summed E-state index contributed by atoms with van der Waals surface area (Å²) in [5, 5.41) is 4.76. The van der Waals surface area contributed by atoms with Crippen LogP contribution in [0.25, 0.3) is 0 Å². The summed E-state index contributed by atoms with van der Waals surface area (Å²) in [6, 6.07) is 10.3. The molecule has 148 valence electrons. The largest absolute Gasteiger partial charge is 0.497 e. The van der Waals surface area contributed by atoms with Crippen molar-refractivity contribution in [1.82, 2.24) is 5.32 Å². The van der Waals surface area contributed by atoms with Crippen LogP contribution in [0.4, 0.5) is 14.5 Å². The minimum absolute atomic E-state index is 0.258. The molecule has 2 aromatic carbocycles. The molecule has 0 spiro atoms. The van der Waals surface area contributed by atoms with E-state index in [0.29, 0.717) is 0 Å². The molecule has 1 aliphatic carbocycles. The van der Waals surface area contributed by atoms with Crippen LogP contribution in [0.3, 0.4) is 0 Å². The number of nitrogens with one attached hydrogen (secondary N) is 2. The highest BCUT2D eigenvalue weighted by molar-refractivity contribution is 6.39. The van der Waals surface area contributed by atoms with Gasteiger partial charge in [0, 0.05) is 18.0 Å². The van der Waals surface area contributed by atoms with Crippen LogP contribution in [-0.4, -0.2) is 25.5 Å². The van der Waals surface area contributed by atoms with E-state index in [-0.39, 0.29) is 17.6 Å². The Morgan fingerprint density at radius 3 is 2.36 bits per heavy atom. The van der Waals surface area contributed by atoms with Gasteiger partial charge in [-0.3, -0.25) is 9.59 Å². The van der Waals surface area contributed by atoms with Crippen molar-refractivity contribution >= 4 is 17.5 Å². The lowest BCUT2D eigenvalue weighted by Crippen LogP contribution is -2.43. The maximum absolute atomic E-state index is 13.6. The van der Waals surface area contributed by atoms with E-state index in [1.54, 1.807) is 7.11 Å². The molecule has 1 fully saturated rings. The molecule has 28 heavy (non-hydrogen) atoms. The van der Waals surface area contributed by atoms with E-state index >= 15 is 0 Å². The number of anilines is 1. The number of ether oxygens (including phenoxy) is 1. The topological polar surface area (TPSA) is 67.4 Å². The average Bonchev–Trinajstić information content (AvgIpc) is 3.19. The summed E-state index contributed by atoms with van der Waals surface area (Å²) >= 11 is 0. The Hall–Kier alpha value is -2.96. The lowest BCUT2D eigenvalue weighted by molar-refractivity contribution is -0.136. The Morgan fingerprint density at radius 1 is 1.04 bits per heavy atom. The number of amides is 2. The van der Waals surface area contributed by atoms with Gasteiger partial charge in [0.2, 0.25) is 0 Å². The van der Waals surface area contributed by atoms with Gasteiger partial charge in [-0.1, -0.05) is 25.0 Å². The summed E-state index contributed by atoms with van der Waals surface area (Å²) in [7, 11) is 1.60. The number of benzene rings is 2. The van der Waals surface area contributed by atoms with E-state index in [2.05, 4.69) is 10.6 Å². The van der Waals surface area contributed by atoms with Gasteiger partial charge < -0.3 is 15.4 Å². The third kappa shape index (κ3) is 4.30. The molecule has 1 aliphatic rings. The number of methoxy groups -OCH3 is 1. The van der Waals surface area contributed by atoms with Crippen LogP contribution in [0.2, 0.25) is 0 Å². The van der Waals surface area contributed by atoms with Gasteiger partial charge >= 0.3 is 11.8 Å². The zero-order chi connectivity index (χ0) is 20.1. The molecular weight excluding hydrogens is 366 g/mol. The van der Waals surface area contributed by atoms with Crippen molar-refractivity contribution in [1.29, 1.82) is 0 Å². The monoisotopic (exact) mass is 388 g/mol. The summed E-state index contributed by atoms with van der Waals surface area (Å²) in [5.41, 5.74) is 0.445. The molecule has 1 saturated carbocycles. The SMILES string of the molecule is COc1ccc(C2(CNC(=O)C(=O)Nc3cc(F)ccc3F)CCCC2)cc1. The zero-order valence-electron chi connectivity index (χ0n) is 15.6. The maximum atomic E-state index is 13.6. The van der Waals surface area contributed by atoms with Crippen LogP contribution in [-0.2, 0) is 15.0 Å². The molecule has 7 heteroatoms. The first-order chi connectivity index (χ1) is 13.4. The van der Waals surface area contributed by atoms with Crippen LogP contribution in [0.1, 0.15) is 31.2 Å². The molecule has 5 nitrogen and oxygen atoms in total. The van der Waals surface area contributed by atoms with E-state index in [1.165, 1.54) is 0 Å². The van der Waals surface area contributed by atoms with Gasteiger partial charge in [0.05, 0.1) is 12.8 Å². The smallest absolute Gasteiger partial charge is 0.313 e. The Morgan fingerprint density at radius 2 is 1.71 bits per heavy atom. The molecule has 0 aromatic heterocycles. The lowest BCUT2D eigenvalue weighted by atomic mass is 9.78. The Labute approximate surface area is 162 Å². The third-order valence-electron chi connectivity index (χ3n) is 5.23. The molecule has 3 rings (SSSR count). The van der Waals surface area contributed by atoms with E-state index in [1.807, 2.05) is 24.3 Å². The lowest BCUT2D eigenvalue weighted by Gasteiger charge is -2.30. The van der Waals surface area contributed by atoms with Crippen molar-refractivity contribution < 1.29 is 23.1 Å². The van der Waals surface area contributed by atoms with E-state index in [0.717, 1.165) is 55.2 Å². The normalized spacial score (nSPS) is 15.1. The Bertz CT molecular complexity index is 862. The van der Waals surface area contributed by atoms with Crippen LogP contribution in [0, 0.1) is 11.6 Å². The third-order valence-corrected chi connectivity index (χ3v) is 5.23. The molecule has 2 N–H and O–H groups in total. The van der Waals surface area contributed by atoms with Crippen molar-refractivity contribution in [3.8, 4) is 5.75 Å². The van der Waals surface area contributed by atoms with Crippen molar-refractivity contribution in [2.75, 3.05) is 19.0 Å². The van der Waals surface area contributed by atoms with Crippen LogP contribution >= 0.6 is 0 Å². The number of carbonyl (C=O) groups excluding carboxylic acids is 2. The number of halogens is 2. The highest BCUT2D eigenvalue weighted by Gasteiger charge is 2.36. The molecule has 2 amide bonds. The number of hydrogen-bond acceptors (Lipinski definition) is 3. The van der Waals surface area contributed by atoms with Gasteiger partial charge in [0.15, 0.2) is 0 Å². The summed E-state index contributed by atoms with van der Waals surface area (Å²) in [4.78, 5) is 24.3. The predicted molar refractivity (Wildman–Crippen MR) is 101 cm³/mol. The molecule has 0 bridgehead atoms. The van der Waals surface area contributed by atoms with Gasteiger partial charge in [0.1, 0.15) is 17.4 Å². The second-order valence-corrected chi connectivity index (χ2v) is 6.98. The summed E-state index contributed by atoms with van der Waals surface area (Å²) in [6.45, 7) is 0.289. The zero-order valence-corrected chi connectivity index (χ0v) is 15.6. The molecule has 0 heterocycles. The van der Waals surface area contributed by atoms with E-state index in [9.17, 15) is 18.4 Å². The fourth-order valence-electron chi connectivity index (χ4n) is 3.67. The second kappa shape index (κ2) is 8.37. The number of carbonyl (C=O) groups is 2. The summed E-state index contributed by atoms with van der Waals surface area (Å²) in [5.74, 6) is -2.69. The van der Waals surface area contributed by atoms with Gasteiger partial charge in [0.25, 0.3) is 0 Å². The van der Waals surface area contributed by atoms with Crippen molar-refractivity contribution in [3.05, 3.63) is 59.7 Å². The van der Waals surface area contributed by atoms with Crippen molar-refractivity contribution in [2.24, 2.45) is 0 Å². The average molecular weight is 388 g/mol. The number of rotatable bonds is 5. The quantitative estimate of drug-likeness (QED) is 0.770. The fraction of sp³-hybridized carbons (Fsp3) is 0.333. The first kappa shape index (κ1) is 19.8. The maximum Gasteiger partial charge on any atom is 0.313 e. The Balaban J connectivity index is 1.66. The minimum atomic E-state index is -1.03.